The molecule has 2 aromatic rings. The highest BCUT2D eigenvalue weighted by molar-refractivity contribution is 8.03. The Kier molecular flexibility index (Phi) is 7.61. The van der Waals surface area contributed by atoms with Gasteiger partial charge in [0.1, 0.15) is 5.75 Å². The normalized spacial score (nSPS) is 15.8. The fourth-order valence-corrected chi connectivity index (χ4v) is 4.28. The van der Waals surface area contributed by atoms with Gasteiger partial charge in [-0.3, -0.25) is 9.59 Å². The van der Waals surface area contributed by atoms with Crippen LogP contribution in [0.5, 0.6) is 5.75 Å². The van der Waals surface area contributed by atoms with Crippen LogP contribution in [-0.2, 0) is 9.59 Å². The summed E-state index contributed by atoms with van der Waals surface area (Å²) in [6, 6.07) is 14.9. The zero-order valence-electron chi connectivity index (χ0n) is 17.2. The largest absolute Gasteiger partial charge is 0.494 e. The third-order valence-corrected chi connectivity index (χ3v) is 6.02. The summed E-state index contributed by atoms with van der Waals surface area (Å²) in [4.78, 5) is 24.7. The molecule has 0 unspecified atom stereocenters. The van der Waals surface area contributed by atoms with E-state index in [-0.39, 0.29) is 29.9 Å². The van der Waals surface area contributed by atoms with Crippen LogP contribution < -0.4 is 15.4 Å². The lowest BCUT2D eigenvalue weighted by Gasteiger charge is -2.25. The number of ether oxygens (including phenoxy) is 1. The quantitative estimate of drug-likeness (QED) is 0.628. The van der Waals surface area contributed by atoms with Crippen LogP contribution in [-0.4, -0.2) is 24.2 Å². The fraction of sp³-hybridized carbons (Fsp3) is 0.261. The third-order valence-electron chi connectivity index (χ3n) is 4.77. The molecule has 6 nitrogen and oxygen atoms in total. The first kappa shape index (κ1) is 22.7. The monoisotopic (exact) mass is 455 g/mol. The first-order valence-electron chi connectivity index (χ1n) is 9.77. The Morgan fingerprint density at radius 2 is 2.06 bits per heavy atom. The highest BCUT2D eigenvalue weighted by Crippen LogP contribution is 2.36. The summed E-state index contributed by atoms with van der Waals surface area (Å²) in [5, 5.41) is 16.3. The molecule has 3 rings (SSSR count). The maximum absolute atomic E-state index is 12.4. The van der Waals surface area contributed by atoms with E-state index in [1.54, 1.807) is 12.1 Å². The van der Waals surface area contributed by atoms with Crippen molar-refractivity contribution in [3.63, 3.8) is 0 Å². The van der Waals surface area contributed by atoms with Gasteiger partial charge in [0.15, 0.2) is 0 Å². The lowest BCUT2D eigenvalue weighted by molar-refractivity contribution is -0.121. The molecular formula is C23H22ClN3O3S. The summed E-state index contributed by atoms with van der Waals surface area (Å²) < 4.78 is 5.46. The number of hydrogen-bond donors (Lipinski definition) is 2. The Morgan fingerprint density at radius 1 is 1.32 bits per heavy atom. The van der Waals surface area contributed by atoms with Crippen molar-refractivity contribution in [2.75, 3.05) is 17.7 Å². The van der Waals surface area contributed by atoms with Gasteiger partial charge >= 0.3 is 0 Å². The Bertz CT molecular complexity index is 1060. The number of rotatable bonds is 7. The molecule has 0 fully saturated rings. The fourth-order valence-electron chi connectivity index (χ4n) is 3.23. The maximum atomic E-state index is 12.4. The van der Waals surface area contributed by atoms with E-state index in [9.17, 15) is 14.9 Å². The highest BCUT2D eigenvalue weighted by Gasteiger charge is 2.30. The van der Waals surface area contributed by atoms with Crippen LogP contribution >= 0.6 is 23.4 Å². The second-order valence-corrected chi connectivity index (χ2v) is 8.38. The number of carbonyl (C=O) groups is 2. The molecule has 0 aromatic heterocycles. The molecule has 0 saturated carbocycles. The topological polar surface area (TPSA) is 91.2 Å². The van der Waals surface area contributed by atoms with Crippen LogP contribution in [0.4, 0.5) is 5.69 Å². The molecule has 0 radical (unpaired) electrons. The molecule has 0 aliphatic carbocycles. The number of halogens is 1. The molecule has 1 heterocycles. The van der Waals surface area contributed by atoms with Crippen molar-refractivity contribution in [1.82, 2.24) is 5.32 Å². The van der Waals surface area contributed by atoms with Gasteiger partial charge in [-0.2, -0.15) is 5.26 Å². The second-order valence-electron chi connectivity index (χ2n) is 6.96. The number of amides is 2. The van der Waals surface area contributed by atoms with Gasteiger partial charge in [-0.15, -0.1) is 0 Å². The van der Waals surface area contributed by atoms with E-state index in [0.717, 1.165) is 28.6 Å². The van der Waals surface area contributed by atoms with Gasteiger partial charge in [-0.25, -0.2) is 0 Å². The number of nitriles is 1. The molecule has 1 aliphatic rings. The third kappa shape index (κ3) is 5.81. The van der Waals surface area contributed by atoms with Crippen molar-refractivity contribution in [2.24, 2.45) is 0 Å². The number of benzene rings is 2. The molecule has 0 saturated heterocycles. The van der Waals surface area contributed by atoms with E-state index in [1.165, 1.54) is 0 Å². The van der Waals surface area contributed by atoms with Gasteiger partial charge in [-0.05, 0) is 49.2 Å². The first-order chi connectivity index (χ1) is 14.9. The molecule has 0 spiro atoms. The van der Waals surface area contributed by atoms with E-state index < -0.39 is 0 Å². The van der Waals surface area contributed by atoms with Crippen molar-refractivity contribution in [1.29, 1.82) is 5.26 Å². The Hall–Kier alpha value is -2.95. The SMILES string of the molecule is CCOc1ccc([C@@H]2CC(=O)NC(SCC(=O)Nc3cc(Cl)ccc3C)=C2C#N)cc1. The number of carbonyl (C=O) groups excluding carboxylic acids is 2. The average molecular weight is 456 g/mol. The highest BCUT2D eigenvalue weighted by atomic mass is 35.5. The van der Waals surface area contributed by atoms with E-state index in [2.05, 4.69) is 16.7 Å². The van der Waals surface area contributed by atoms with Crippen molar-refractivity contribution in [3.05, 3.63) is 69.2 Å². The van der Waals surface area contributed by atoms with Crippen LogP contribution in [0.1, 0.15) is 30.4 Å². The summed E-state index contributed by atoms with van der Waals surface area (Å²) >= 11 is 7.14. The van der Waals surface area contributed by atoms with Gasteiger partial charge in [0.05, 0.1) is 29.0 Å². The average Bonchev–Trinajstić information content (AvgIpc) is 2.75. The lowest BCUT2D eigenvalue weighted by atomic mass is 9.87. The molecule has 0 bridgehead atoms. The number of nitrogens with zero attached hydrogens (tertiary/aromatic N) is 1. The molecule has 2 N–H and O–H groups in total. The predicted octanol–water partition coefficient (Wildman–Crippen LogP) is 4.76. The molecule has 1 aliphatic heterocycles. The summed E-state index contributed by atoms with van der Waals surface area (Å²) in [5.74, 6) is -0.0289. The molecule has 31 heavy (non-hydrogen) atoms. The lowest BCUT2D eigenvalue weighted by Crippen LogP contribution is -2.31. The van der Waals surface area contributed by atoms with Gasteiger partial charge in [-0.1, -0.05) is 41.6 Å². The van der Waals surface area contributed by atoms with Crippen molar-refractivity contribution in [2.45, 2.75) is 26.2 Å². The minimum absolute atomic E-state index is 0.0444. The zero-order chi connectivity index (χ0) is 22.4. The Morgan fingerprint density at radius 3 is 2.74 bits per heavy atom. The van der Waals surface area contributed by atoms with Crippen LogP contribution in [0.3, 0.4) is 0 Å². The number of anilines is 1. The smallest absolute Gasteiger partial charge is 0.234 e. The van der Waals surface area contributed by atoms with Gasteiger partial charge in [0.2, 0.25) is 11.8 Å². The van der Waals surface area contributed by atoms with Crippen LogP contribution in [0, 0.1) is 18.3 Å². The summed E-state index contributed by atoms with van der Waals surface area (Å²) in [5.41, 5.74) is 2.82. The molecule has 2 amide bonds. The number of aryl methyl sites for hydroxylation is 1. The number of thioether (sulfide) groups is 1. The Labute approximate surface area is 190 Å². The van der Waals surface area contributed by atoms with E-state index in [0.29, 0.717) is 27.9 Å². The van der Waals surface area contributed by atoms with Crippen molar-refractivity contribution in [3.8, 4) is 11.8 Å². The van der Waals surface area contributed by atoms with Crippen molar-refractivity contribution >= 4 is 40.9 Å². The van der Waals surface area contributed by atoms with Crippen LogP contribution in [0.2, 0.25) is 5.02 Å². The molecular weight excluding hydrogens is 434 g/mol. The maximum Gasteiger partial charge on any atom is 0.234 e. The van der Waals surface area contributed by atoms with Gasteiger partial charge in [0, 0.05) is 23.0 Å². The summed E-state index contributed by atoms with van der Waals surface area (Å²) in [6.45, 7) is 4.34. The molecule has 8 heteroatoms. The minimum atomic E-state index is -0.366. The second kappa shape index (κ2) is 10.4. The summed E-state index contributed by atoms with van der Waals surface area (Å²) in [6.07, 6.45) is 0.175. The van der Waals surface area contributed by atoms with Gasteiger partial charge < -0.3 is 15.4 Å². The number of nitrogens with one attached hydrogen (secondary N) is 2. The van der Waals surface area contributed by atoms with E-state index in [1.807, 2.05) is 44.2 Å². The Balaban J connectivity index is 1.75. The zero-order valence-corrected chi connectivity index (χ0v) is 18.8. The first-order valence-corrected chi connectivity index (χ1v) is 11.1. The standard InChI is InChI=1S/C23H22ClN3O3S/c1-3-30-17-8-5-15(6-9-17)18-11-21(28)27-23(19(18)12-25)31-13-22(29)26-20-10-16(24)7-4-14(20)2/h4-10,18H,3,11,13H2,1-2H3,(H,26,29)(H,27,28)/t18-/m0/s1. The molecule has 160 valence electrons. The van der Waals surface area contributed by atoms with Gasteiger partial charge in [0.25, 0.3) is 0 Å². The van der Waals surface area contributed by atoms with E-state index >= 15 is 0 Å². The summed E-state index contributed by atoms with van der Waals surface area (Å²) in [7, 11) is 0. The number of hydrogen-bond acceptors (Lipinski definition) is 5. The minimum Gasteiger partial charge on any atom is -0.494 e. The predicted molar refractivity (Wildman–Crippen MR) is 123 cm³/mol. The van der Waals surface area contributed by atoms with Crippen molar-refractivity contribution < 1.29 is 14.3 Å². The van der Waals surface area contributed by atoms with Crippen LogP contribution in [0.15, 0.2) is 53.1 Å². The van der Waals surface area contributed by atoms with Crippen LogP contribution in [0.25, 0.3) is 0 Å². The molecule has 1 atom stereocenters. The van der Waals surface area contributed by atoms with E-state index in [4.69, 9.17) is 16.3 Å². The molecule has 2 aromatic carbocycles. The number of allylic oxidation sites excluding steroid dienone is 1.